The molecule has 67 heavy (non-hydrogen) atoms. The van der Waals surface area contributed by atoms with E-state index in [1.165, 1.54) is 13.0 Å². The Kier molecular flexibility index (Phi) is 12.0. The van der Waals surface area contributed by atoms with Crippen LogP contribution in [0.15, 0.2) is 194 Å². The first-order chi connectivity index (χ1) is 32.5. The molecule has 9 aromatic carbocycles. The predicted molar refractivity (Wildman–Crippen MR) is 251 cm³/mol. The van der Waals surface area contributed by atoms with E-state index in [4.69, 9.17) is 23.7 Å². The molecule has 0 aliphatic carbocycles. The molecule has 326 valence electrons. The average molecular weight is 885 g/mol. The SMILES string of the molecule is CC(=O)Oc1ccc2cc(C(=O)Oc3ccc(-c4ccc(OC(=O)c5cccc(C(=O)Oc6ccc(-c7ccc(OC(=O)c8ccc9cc(O)ccc9c8)cc7)cc6)c5)cc4)cc3)ccc2c1. The van der Waals surface area contributed by atoms with Crippen molar-refractivity contribution in [3.63, 3.8) is 0 Å². The second-order valence-electron chi connectivity index (χ2n) is 15.3. The summed E-state index contributed by atoms with van der Waals surface area (Å²) in [5, 5.41) is 12.9. The Morgan fingerprint density at radius 1 is 0.313 bits per heavy atom. The average Bonchev–Trinajstić information content (AvgIpc) is 3.34. The molecule has 0 unspecified atom stereocenters. The number of rotatable bonds is 11. The minimum absolute atomic E-state index is 0.148. The van der Waals surface area contributed by atoms with Gasteiger partial charge in [0.15, 0.2) is 0 Å². The minimum Gasteiger partial charge on any atom is -0.508 e. The van der Waals surface area contributed by atoms with Crippen LogP contribution in [0.3, 0.4) is 0 Å². The number of fused-ring (bicyclic) bond motifs is 2. The van der Waals surface area contributed by atoms with Crippen molar-refractivity contribution in [2.24, 2.45) is 0 Å². The molecule has 0 aliphatic rings. The normalized spacial score (nSPS) is 10.8. The lowest BCUT2D eigenvalue weighted by molar-refractivity contribution is -0.131. The molecule has 0 spiro atoms. The topological polar surface area (TPSA) is 152 Å². The van der Waals surface area contributed by atoms with Gasteiger partial charge in [-0.15, -0.1) is 0 Å². The van der Waals surface area contributed by atoms with Crippen molar-refractivity contribution in [2.75, 3.05) is 0 Å². The summed E-state index contributed by atoms with van der Waals surface area (Å²) in [6.45, 7) is 1.33. The summed E-state index contributed by atoms with van der Waals surface area (Å²) in [6.07, 6.45) is 0. The quantitative estimate of drug-likeness (QED) is 0.0976. The van der Waals surface area contributed by atoms with Crippen LogP contribution >= 0.6 is 0 Å². The van der Waals surface area contributed by atoms with Crippen LogP contribution in [0.25, 0.3) is 43.8 Å². The molecule has 0 bridgehead atoms. The summed E-state index contributed by atoms with van der Waals surface area (Å²) in [5.74, 6) is -0.869. The summed E-state index contributed by atoms with van der Waals surface area (Å²) in [5.41, 5.74) is 4.41. The Morgan fingerprint density at radius 2 is 0.627 bits per heavy atom. The highest BCUT2D eigenvalue weighted by Crippen LogP contribution is 2.29. The van der Waals surface area contributed by atoms with Crippen LogP contribution in [0.1, 0.15) is 48.4 Å². The highest BCUT2D eigenvalue weighted by molar-refractivity contribution is 5.99. The van der Waals surface area contributed by atoms with E-state index in [9.17, 15) is 29.1 Å². The monoisotopic (exact) mass is 884 g/mol. The van der Waals surface area contributed by atoms with Crippen molar-refractivity contribution in [3.8, 4) is 56.8 Å². The first-order valence-electron chi connectivity index (χ1n) is 20.8. The number of aromatic hydroxyl groups is 1. The maximum Gasteiger partial charge on any atom is 0.343 e. The lowest BCUT2D eigenvalue weighted by Gasteiger charge is -2.09. The van der Waals surface area contributed by atoms with E-state index in [1.54, 1.807) is 164 Å². The van der Waals surface area contributed by atoms with Crippen molar-refractivity contribution in [1.29, 1.82) is 0 Å². The van der Waals surface area contributed by atoms with E-state index in [0.717, 1.165) is 43.8 Å². The molecule has 0 heterocycles. The fourth-order valence-corrected chi connectivity index (χ4v) is 7.24. The molecule has 0 saturated heterocycles. The number of ether oxygens (including phenoxy) is 5. The van der Waals surface area contributed by atoms with Crippen LogP contribution in [-0.2, 0) is 4.79 Å². The summed E-state index contributed by atoms with van der Waals surface area (Å²) in [7, 11) is 0. The van der Waals surface area contributed by atoms with Crippen LogP contribution in [0.2, 0.25) is 0 Å². The van der Waals surface area contributed by atoms with Gasteiger partial charge in [-0.05, 0) is 159 Å². The maximum absolute atomic E-state index is 13.1. The van der Waals surface area contributed by atoms with Crippen LogP contribution in [0.5, 0.6) is 34.5 Å². The van der Waals surface area contributed by atoms with Gasteiger partial charge in [0.2, 0.25) is 0 Å². The molecule has 11 heteroatoms. The number of phenols is 1. The van der Waals surface area contributed by atoms with Gasteiger partial charge < -0.3 is 28.8 Å². The second-order valence-corrected chi connectivity index (χ2v) is 15.3. The fourth-order valence-electron chi connectivity index (χ4n) is 7.24. The van der Waals surface area contributed by atoms with E-state index in [1.807, 2.05) is 24.3 Å². The molecular weight excluding hydrogens is 849 g/mol. The largest absolute Gasteiger partial charge is 0.508 e. The van der Waals surface area contributed by atoms with Crippen LogP contribution in [-0.4, -0.2) is 35.0 Å². The second kappa shape index (κ2) is 18.8. The maximum atomic E-state index is 13.1. The van der Waals surface area contributed by atoms with Gasteiger partial charge in [0.1, 0.15) is 34.5 Å². The zero-order valence-corrected chi connectivity index (χ0v) is 35.5. The number of carbonyl (C=O) groups is 5. The van der Waals surface area contributed by atoms with Gasteiger partial charge in [-0.3, -0.25) is 4.79 Å². The molecule has 1 N–H and O–H groups in total. The summed E-state index contributed by atoms with van der Waals surface area (Å²) in [4.78, 5) is 63.3. The predicted octanol–water partition coefficient (Wildman–Crippen LogP) is 11.8. The van der Waals surface area contributed by atoms with Gasteiger partial charge in [0, 0.05) is 6.92 Å². The first kappa shape index (κ1) is 42.9. The molecule has 0 fully saturated rings. The van der Waals surface area contributed by atoms with Gasteiger partial charge >= 0.3 is 29.8 Å². The van der Waals surface area contributed by atoms with Crippen molar-refractivity contribution in [3.05, 3.63) is 216 Å². The van der Waals surface area contributed by atoms with Gasteiger partial charge in [0.25, 0.3) is 0 Å². The lowest BCUT2D eigenvalue weighted by atomic mass is 10.1. The third kappa shape index (κ3) is 10.2. The van der Waals surface area contributed by atoms with Crippen LogP contribution in [0.4, 0.5) is 0 Å². The van der Waals surface area contributed by atoms with Crippen LogP contribution < -0.4 is 23.7 Å². The van der Waals surface area contributed by atoms with Gasteiger partial charge in [-0.25, -0.2) is 19.2 Å². The summed E-state index contributed by atoms with van der Waals surface area (Å²) >= 11 is 0. The molecule has 0 aliphatic heterocycles. The van der Waals surface area contributed by atoms with Crippen molar-refractivity contribution in [2.45, 2.75) is 6.92 Å². The molecule has 0 radical (unpaired) electrons. The van der Waals surface area contributed by atoms with E-state index in [2.05, 4.69) is 0 Å². The number of hydrogen-bond acceptors (Lipinski definition) is 11. The van der Waals surface area contributed by atoms with Gasteiger partial charge in [0.05, 0.1) is 22.3 Å². The smallest absolute Gasteiger partial charge is 0.343 e. The molecule has 0 atom stereocenters. The highest BCUT2D eigenvalue weighted by atomic mass is 16.6. The zero-order valence-electron chi connectivity index (χ0n) is 35.5. The molecule has 11 nitrogen and oxygen atoms in total. The Morgan fingerprint density at radius 3 is 1.01 bits per heavy atom. The Bertz CT molecular complexity index is 3360. The third-order valence-electron chi connectivity index (χ3n) is 10.6. The van der Waals surface area contributed by atoms with Crippen molar-refractivity contribution in [1.82, 2.24) is 0 Å². The number of esters is 5. The summed E-state index contributed by atoms with van der Waals surface area (Å²) < 4.78 is 27.6. The van der Waals surface area contributed by atoms with E-state index >= 15 is 0 Å². The third-order valence-corrected chi connectivity index (χ3v) is 10.6. The van der Waals surface area contributed by atoms with Crippen molar-refractivity contribution < 1.29 is 52.8 Å². The zero-order chi connectivity index (χ0) is 46.4. The minimum atomic E-state index is -0.660. The number of phenolic OH excluding ortho intramolecular Hbond substituents is 1. The lowest BCUT2D eigenvalue weighted by Crippen LogP contribution is -2.12. The Balaban J connectivity index is 0.760. The number of carbonyl (C=O) groups excluding carboxylic acids is 5. The number of hydrogen-bond donors (Lipinski definition) is 1. The fraction of sp³-hybridized carbons (Fsp3) is 0.0179. The molecule has 0 aromatic heterocycles. The number of benzene rings is 9. The van der Waals surface area contributed by atoms with Gasteiger partial charge in [-0.2, -0.15) is 0 Å². The van der Waals surface area contributed by atoms with E-state index in [0.29, 0.717) is 39.9 Å². The Hall–Kier alpha value is -9.35. The van der Waals surface area contributed by atoms with Crippen molar-refractivity contribution >= 4 is 51.4 Å². The standard InChI is InChI=1S/C56H36O11/c1-34(57)63-52-28-18-40-30-46(8-6-42(40)33-52)56(62)67-51-26-16-38(17-27-51)36-12-22-49(23-13-36)65-54(60)44-4-2-3-43(31-44)53(59)64-48-20-10-35(11-21-48)37-14-24-50(25-15-37)66-55(61)45-7-5-41-32-47(58)19-9-39(41)29-45/h2-33,58H,1H3. The highest BCUT2D eigenvalue weighted by Gasteiger charge is 2.16. The molecular formula is C56H36O11. The molecule has 9 rings (SSSR count). The molecule has 0 amide bonds. The molecule has 9 aromatic rings. The van der Waals surface area contributed by atoms with E-state index < -0.39 is 29.8 Å². The molecule has 0 saturated carbocycles. The van der Waals surface area contributed by atoms with Crippen LogP contribution in [0, 0.1) is 0 Å². The van der Waals surface area contributed by atoms with E-state index in [-0.39, 0.29) is 16.9 Å². The summed E-state index contributed by atoms with van der Waals surface area (Å²) in [6, 6.07) is 54.2. The first-order valence-corrected chi connectivity index (χ1v) is 20.8. The Labute approximate surface area is 382 Å². The van der Waals surface area contributed by atoms with Gasteiger partial charge in [-0.1, -0.05) is 78.9 Å².